The molecule has 2 aliphatic carbocycles. The molecule has 12 heteroatoms. The van der Waals surface area contributed by atoms with Crippen molar-refractivity contribution in [2.24, 2.45) is 5.92 Å². The van der Waals surface area contributed by atoms with Crippen molar-refractivity contribution in [1.82, 2.24) is 0 Å². The highest BCUT2D eigenvalue weighted by molar-refractivity contribution is 6.22. The van der Waals surface area contributed by atoms with E-state index >= 15 is 0 Å². The number of aryl methyl sites for hydroxylation is 2. The van der Waals surface area contributed by atoms with E-state index < -0.39 is 0 Å². The van der Waals surface area contributed by atoms with Gasteiger partial charge in [-0.15, -0.1) is 0 Å². The maximum absolute atomic E-state index is 7.23. The number of allylic oxidation sites excluding steroid dienone is 4. The molecule has 30 rings (SSSR count). The first-order valence-corrected chi connectivity index (χ1v) is 49.7. The van der Waals surface area contributed by atoms with Crippen molar-refractivity contribution in [3.05, 3.63) is 445 Å². The van der Waals surface area contributed by atoms with Crippen LogP contribution in [0.2, 0.25) is 0 Å². The first-order chi connectivity index (χ1) is 70.8. The van der Waals surface area contributed by atoms with Gasteiger partial charge in [-0.1, -0.05) is 221 Å². The van der Waals surface area contributed by atoms with E-state index in [2.05, 4.69) is 424 Å². The normalized spacial score (nSPS) is 13.8. The van der Waals surface area contributed by atoms with E-state index in [1.54, 1.807) is 0 Å². The van der Waals surface area contributed by atoms with E-state index in [9.17, 15) is 0 Å². The molecule has 144 heavy (non-hydrogen) atoms. The van der Waals surface area contributed by atoms with Crippen molar-refractivity contribution in [3.8, 4) is 0 Å². The summed E-state index contributed by atoms with van der Waals surface area (Å²) in [6.45, 7) is 11.2. The maximum atomic E-state index is 7.23. The van der Waals surface area contributed by atoms with Gasteiger partial charge in [0.1, 0.15) is 67.2 Å². The van der Waals surface area contributed by atoms with Gasteiger partial charge in [0.15, 0.2) is 22.3 Å². The Labute approximate surface area is 824 Å². The first kappa shape index (κ1) is 81.7. The van der Waals surface area contributed by atoms with E-state index in [0.29, 0.717) is 5.92 Å². The largest absolute Gasteiger partial charge is 0.456 e. The number of anilines is 11. The quantitative estimate of drug-likeness (QED) is 0.0916. The third kappa shape index (κ3) is 12.7. The number of hydrogen-bond acceptors (Lipinski definition) is 12. The number of furan rings is 8. The van der Waals surface area contributed by atoms with Crippen LogP contribution in [0.25, 0.3) is 203 Å². The third-order valence-corrected chi connectivity index (χ3v) is 30.8. The number of para-hydroxylation sites is 9. The lowest BCUT2D eigenvalue weighted by atomic mass is 9.82. The summed E-state index contributed by atoms with van der Waals surface area (Å²) in [6.07, 6.45) is 10.9. The Hall–Kier alpha value is -18.3. The first-order valence-electron chi connectivity index (χ1n) is 49.7. The Morgan fingerprint density at radius 3 is 1.14 bits per heavy atom. The molecule has 0 spiro atoms. The van der Waals surface area contributed by atoms with Crippen molar-refractivity contribution >= 4 is 265 Å². The molecule has 12 nitrogen and oxygen atoms in total. The van der Waals surface area contributed by atoms with Crippen molar-refractivity contribution in [1.29, 1.82) is 0 Å². The van der Waals surface area contributed by atoms with Gasteiger partial charge in [0.2, 0.25) is 0 Å². The average Bonchev–Trinajstić information content (AvgIpc) is 1.19. The molecule has 8 heterocycles. The summed E-state index contributed by atoms with van der Waals surface area (Å²) in [4.78, 5) is 9.38. The fourth-order valence-corrected chi connectivity index (χ4v) is 23.6. The topological polar surface area (TPSA) is 118 Å². The van der Waals surface area contributed by atoms with E-state index in [0.717, 1.165) is 295 Å². The van der Waals surface area contributed by atoms with Crippen LogP contribution in [0.1, 0.15) is 71.7 Å². The Kier molecular flexibility index (Phi) is 17.8. The zero-order valence-corrected chi connectivity index (χ0v) is 79.3. The van der Waals surface area contributed by atoms with Gasteiger partial charge in [-0.2, -0.15) is 0 Å². The van der Waals surface area contributed by atoms with E-state index in [-0.39, 0.29) is 11.8 Å². The molecule has 2 atom stereocenters. The Bertz CT molecular complexity index is 10500. The number of rotatable bonds is 16. The minimum absolute atomic E-state index is 0.0974. The van der Waals surface area contributed by atoms with Crippen molar-refractivity contribution < 1.29 is 35.3 Å². The molecule has 0 bridgehead atoms. The Balaban J connectivity index is 0.462. The van der Waals surface area contributed by atoms with Crippen molar-refractivity contribution in [2.75, 3.05) is 19.6 Å². The van der Waals surface area contributed by atoms with Gasteiger partial charge in [-0.3, -0.25) is 0 Å². The maximum Gasteiger partial charge on any atom is 0.159 e. The number of nitrogens with zero attached hydrogens (tertiary/aromatic N) is 4. The van der Waals surface area contributed by atoms with Gasteiger partial charge < -0.3 is 54.9 Å². The van der Waals surface area contributed by atoms with Gasteiger partial charge in [0, 0.05) is 150 Å². The molecule has 2 aliphatic rings. The van der Waals surface area contributed by atoms with Crippen LogP contribution in [-0.2, 0) is 12.8 Å². The van der Waals surface area contributed by atoms with E-state index in [1.165, 1.54) is 27.8 Å². The summed E-state index contributed by atoms with van der Waals surface area (Å²) in [5, 5.41) is 22.5. The van der Waals surface area contributed by atoms with Crippen LogP contribution in [0.3, 0.4) is 0 Å². The monoisotopic (exact) mass is 1860 g/mol. The third-order valence-electron chi connectivity index (χ3n) is 30.8. The predicted molar refractivity (Wildman–Crippen MR) is 593 cm³/mol. The lowest BCUT2D eigenvalue weighted by Gasteiger charge is -2.32. The predicted octanol–water partition coefficient (Wildman–Crippen LogP) is 38.5. The summed E-state index contributed by atoms with van der Waals surface area (Å²) in [6, 6.07) is 135. The zero-order valence-electron chi connectivity index (χ0n) is 79.3. The minimum Gasteiger partial charge on any atom is -0.456 e. The summed E-state index contributed by atoms with van der Waals surface area (Å²) >= 11 is 0. The molecule has 0 radical (unpaired) electrons. The van der Waals surface area contributed by atoms with Crippen LogP contribution in [0, 0.1) is 19.8 Å². The van der Waals surface area contributed by atoms with Gasteiger partial charge >= 0.3 is 0 Å². The van der Waals surface area contributed by atoms with E-state index in [4.69, 9.17) is 35.3 Å². The molecule has 0 saturated heterocycles. The Morgan fingerprint density at radius 1 is 0.264 bits per heavy atom. The second-order valence-corrected chi connectivity index (χ2v) is 39.6. The summed E-state index contributed by atoms with van der Waals surface area (Å²) < 4.78 is 55.2. The van der Waals surface area contributed by atoms with Crippen LogP contribution in [0.15, 0.2) is 441 Å². The molecular formula is C132H88N4O8. The van der Waals surface area contributed by atoms with Crippen LogP contribution >= 0.6 is 0 Å². The van der Waals surface area contributed by atoms with Gasteiger partial charge in [0.25, 0.3) is 0 Å². The lowest BCUT2D eigenvalue weighted by Crippen LogP contribution is -2.21. The zero-order chi connectivity index (χ0) is 95.1. The van der Waals surface area contributed by atoms with Crippen LogP contribution < -0.4 is 19.6 Å². The highest BCUT2D eigenvalue weighted by atomic mass is 16.4. The SMILES string of the molecule is Cc1ccccc1N(C1=CC2=Cc3oc4cc5oc6cc7cc(N(c8ccccc8C)c8cccc9c8oc8ccccc89)ccc7cc6c5cc4c3CC2C=C1)c1ccc(CC(C)c2ccc(N(c3ccc4cc5c(cc4c3)oc3cc4oc6cc7cc(N(c8ccc(C(C)C)cc8)c8cccc9c8oc8ccccc89)ccc7cc6c4cc35)c3cccc4c3oc3ccccc34)cc2)c2c1oc1ccccc12. The molecular weight excluding hydrogens is 1770 g/mol. The fourth-order valence-electron chi connectivity index (χ4n) is 23.6. The molecule has 2 unspecified atom stereocenters. The molecule has 8 aromatic heterocycles. The molecule has 0 N–H and O–H groups in total. The highest BCUT2D eigenvalue weighted by Crippen LogP contribution is 2.54. The van der Waals surface area contributed by atoms with Gasteiger partial charge in [-0.25, -0.2) is 0 Å². The molecule has 28 aromatic rings. The highest BCUT2D eigenvalue weighted by Gasteiger charge is 2.34. The molecule has 0 saturated carbocycles. The summed E-state index contributed by atoms with van der Waals surface area (Å²) in [7, 11) is 0. The number of fused-ring (bicyclic) bond motifs is 28. The summed E-state index contributed by atoms with van der Waals surface area (Å²) in [5.41, 5.74) is 32.7. The average molecular weight is 1860 g/mol. The molecule has 0 amide bonds. The smallest absolute Gasteiger partial charge is 0.159 e. The van der Waals surface area contributed by atoms with Crippen molar-refractivity contribution in [3.63, 3.8) is 0 Å². The molecule has 684 valence electrons. The standard InChI is InChI=1S/C132H88N4O8/c1-74(2)78-39-48-89(49-40-78)133(112-32-18-27-98-95-23-8-14-35-116(95)141-129(98)112)91-52-43-80-62-102-106-70-107-103-63-81-44-53-92(59-86(81)67-121(103)138-125(107)72-124(106)137-120(102)66-85(80)58-91)134(113-33-19-28-99-96-24-9-15-36-117(96)142-130(99)113)90-50-41-79(42-51-90)77(5)57-84-47-56-115(132-128(84)101-26-11-17-38-119(101)144-132)136(111-31-13-7-22-76(111)4)94-55-46-83-65-105-109-71-108-104-64-82-45-54-93(60-87(82)68-122(104)139-126(108)73-127(109)140-123(105)69-88(83)61-94)135(110-30-12-6-21-75(110)3)114-34-20-29-100-97-25-10-16-37-118(97)143-131(100)114/h6-56,58-64,66-74,77,83H,57,65H2,1-5H3. The number of hydrogen-bond donors (Lipinski definition) is 0. The van der Waals surface area contributed by atoms with Crippen LogP contribution in [0.5, 0.6) is 0 Å². The lowest BCUT2D eigenvalue weighted by molar-refractivity contribution is 0.585. The molecule has 0 fully saturated rings. The molecule has 20 aromatic carbocycles. The number of benzene rings is 20. The van der Waals surface area contributed by atoms with Gasteiger partial charge in [0.05, 0.1) is 22.7 Å². The van der Waals surface area contributed by atoms with Crippen LogP contribution in [-0.4, -0.2) is 0 Å². The van der Waals surface area contributed by atoms with Gasteiger partial charge in [-0.05, 0) is 292 Å². The second-order valence-electron chi connectivity index (χ2n) is 39.6. The summed E-state index contributed by atoms with van der Waals surface area (Å²) in [5.74, 6) is 1.48. The van der Waals surface area contributed by atoms with Crippen molar-refractivity contribution in [2.45, 2.75) is 59.3 Å². The fraction of sp³-hybridized carbons (Fsp3) is 0.0758. The molecule has 0 aliphatic heterocycles. The minimum atomic E-state index is 0.0974. The van der Waals surface area contributed by atoms with E-state index in [1.807, 2.05) is 30.3 Å². The Morgan fingerprint density at radius 2 is 0.646 bits per heavy atom. The second kappa shape index (κ2) is 31.4. The van der Waals surface area contributed by atoms with Crippen LogP contribution in [0.4, 0.5) is 62.6 Å².